The molecule has 1 fully saturated rings. The fourth-order valence-corrected chi connectivity index (χ4v) is 1.61. The molecule has 0 atom stereocenters. The minimum absolute atomic E-state index is 0.106. The summed E-state index contributed by atoms with van der Waals surface area (Å²) < 4.78 is 0. The number of benzene rings is 1. The van der Waals surface area contributed by atoms with Crippen molar-refractivity contribution in [2.75, 3.05) is 5.32 Å². The topological polar surface area (TPSA) is 72.2 Å². The molecule has 4 nitrogen and oxygen atoms in total. The van der Waals surface area contributed by atoms with E-state index >= 15 is 0 Å². The number of nitrogens with one attached hydrogen (secondary N) is 1. The molecule has 0 bridgehead atoms. The maximum Gasteiger partial charge on any atom is 0.227 e. The number of nitrogens with two attached hydrogens (primary N) is 1. The molecule has 0 saturated heterocycles. The molecule has 1 aliphatic rings. The van der Waals surface area contributed by atoms with E-state index in [-0.39, 0.29) is 17.7 Å². The van der Waals surface area contributed by atoms with E-state index < -0.39 is 0 Å². The lowest BCUT2D eigenvalue weighted by atomic mass is 10.1. The van der Waals surface area contributed by atoms with Gasteiger partial charge in [-0.2, -0.15) is 0 Å². The molecule has 0 unspecified atom stereocenters. The Hall–Kier alpha value is -1.84. The SMILES string of the molecule is NC(=O)CCc1ccc(NC(=O)C2CC2)cc1. The predicted molar refractivity (Wildman–Crippen MR) is 65.3 cm³/mol. The maximum atomic E-state index is 11.5. The van der Waals surface area contributed by atoms with Gasteiger partial charge in [-0.1, -0.05) is 12.1 Å². The fraction of sp³-hybridized carbons (Fsp3) is 0.385. The summed E-state index contributed by atoms with van der Waals surface area (Å²) >= 11 is 0. The van der Waals surface area contributed by atoms with Crippen LogP contribution in [0.5, 0.6) is 0 Å². The van der Waals surface area contributed by atoms with Gasteiger partial charge in [-0.3, -0.25) is 9.59 Å². The molecular formula is C13H16N2O2. The number of carbonyl (C=O) groups is 2. The Kier molecular flexibility index (Phi) is 3.42. The zero-order valence-corrected chi connectivity index (χ0v) is 9.61. The molecular weight excluding hydrogens is 216 g/mol. The molecule has 0 aliphatic heterocycles. The van der Waals surface area contributed by atoms with Crippen molar-refractivity contribution in [1.82, 2.24) is 0 Å². The van der Waals surface area contributed by atoms with Crippen molar-refractivity contribution >= 4 is 17.5 Å². The van der Waals surface area contributed by atoms with Crippen LogP contribution < -0.4 is 11.1 Å². The molecule has 0 aromatic heterocycles. The molecule has 0 spiro atoms. The Morgan fingerprint density at radius 1 is 1.24 bits per heavy atom. The summed E-state index contributed by atoms with van der Waals surface area (Å²) in [6.07, 6.45) is 3.00. The number of hydrogen-bond acceptors (Lipinski definition) is 2. The summed E-state index contributed by atoms with van der Waals surface area (Å²) in [4.78, 5) is 22.1. The highest BCUT2D eigenvalue weighted by atomic mass is 16.2. The first-order valence-corrected chi connectivity index (χ1v) is 5.83. The van der Waals surface area contributed by atoms with Crippen LogP contribution in [0.2, 0.25) is 0 Å². The fourth-order valence-electron chi connectivity index (χ4n) is 1.61. The molecule has 3 N–H and O–H groups in total. The van der Waals surface area contributed by atoms with Crippen LogP contribution in [0.3, 0.4) is 0 Å². The molecule has 0 heterocycles. The Morgan fingerprint density at radius 3 is 2.41 bits per heavy atom. The van der Waals surface area contributed by atoms with Gasteiger partial charge in [-0.25, -0.2) is 0 Å². The van der Waals surface area contributed by atoms with E-state index in [2.05, 4.69) is 5.32 Å². The largest absolute Gasteiger partial charge is 0.370 e. The number of primary amides is 1. The third kappa shape index (κ3) is 3.59. The average molecular weight is 232 g/mol. The highest BCUT2D eigenvalue weighted by Gasteiger charge is 2.29. The molecule has 1 saturated carbocycles. The van der Waals surface area contributed by atoms with Gasteiger partial charge in [0, 0.05) is 18.0 Å². The van der Waals surface area contributed by atoms with Crippen molar-refractivity contribution in [3.8, 4) is 0 Å². The molecule has 1 aromatic carbocycles. The molecule has 0 radical (unpaired) electrons. The van der Waals surface area contributed by atoms with E-state index in [0.29, 0.717) is 12.8 Å². The number of aryl methyl sites for hydroxylation is 1. The van der Waals surface area contributed by atoms with Crippen LogP contribution in [0.25, 0.3) is 0 Å². The van der Waals surface area contributed by atoms with Gasteiger partial charge in [-0.15, -0.1) is 0 Å². The monoisotopic (exact) mass is 232 g/mol. The van der Waals surface area contributed by atoms with Crippen molar-refractivity contribution in [3.63, 3.8) is 0 Å². The molecule has 4 heteroatoms. The lowest BCUT2D eigenvalue weighted by molar-refractivity contribution is -0.118. The highest BCUT2D eigenvalue weighted by Crippen LogP contribution is 2.30. The summed E-state index contributed by atoms with van der Waals surface area (Å²) in [5, 5.41) is 2.87. The van der Waals surface area contributed by atoms with Gasteiger partial charge in [0.15, 0.2) is 0 Å². The Morgan fingerprint density at radius 2 is 1.88 bits per heavy atom. The zero-order chi connectivity index (χ0) is 12.3. The smallest absolute Gasteiger partial charge is 0.227 e. The number of anilines is 1. The maximum absolute atomic E-state index is 11.5. The van der Waals surface area contributed by atoms with E-state index in [9.17, 15) is 9.59 Å². The van der Waals surface area contributed by atoms with Gasteiger partial charge in [-0.05, 0) is 37.0 Å². The number of carbonyl (C=O) groups excluding carboxylic acids is 2. The third-order valence-corrected chi connectivity index (χ3v) is 2.83. The van der Waals surface area contributed by atoms with Gasteiger partial charge in [0.25, 0.3) is 0 Å². The minimum atomic E-state index is -0.295. The predicted octanol–water partition coefficient (Wildman–Crippen LogP) is 1.45. The van der Waals surface area contributed by atoms with Crippen LogP contribution in [0, 0.1) is 5.92 Å². The van der Waals surface area contributed by atoms with Crippen LogP contribution in [-0.2, 0) is 16.0 Å². The molecule has 2 amide bonds. The first kappa shape index (κ1) is 11.6. The molecule has 1 aromatic rings. The zero-order valence-electron chi connectivity index (χ0n) is 9.61. The van der Waals surface area contributed by atoms with Gasteiger partial charge in [0.1, 0.15) is 0 Å². The first-order chi connectivity index (χ1) is 8.15. The Balaban J connectivity index is 1.88. The minimum Gasteiger partial charge on any atom is -0.370 e. The van der Waals surface area contributed by atoms with E-state index in [1.807, 2.05) is 24.3 Å². The summed E-state index contributed by atoms with van der Waals surface area (Å²) in [6.45, 7) is 0. The van der Waals surface area contributed by atoms with E-state index in [0.717, 1.165) is 24.1 Å². The highest BCUT2D eigenvalue weighted by molar-refractivity contribution is 5.94. The second-order valence-electron chi connectivity index (χ2n) is 4.43. The standard InChI is InChI=1S/C13H16N2O2/c14-12(16)8-3-9-1-6-11(7-2-9)15-13(17)10-4-5-10/h1-2,6-7,10H,3-5,8H2,(H2,14,16)(H,15,17). The Bertz CT molecular complexity index is 422. The van der Waals surface area contributed by atoms with Crippen LogP contribution in [0.1, 0.15) is 24.8 Å². The van der Waals surface area contributed by atoms with Crippen molar-refractivity contribution in [3.05, 3.63) is 29.8 Å². The van der Waals surface area contributed by atoms with Gasteiger partial charge >= 0.3 is 0 Å². The number of rotatable bonds is 5. The van der Waals surface area contributed by atoms with E-state index in [4.69, 9.17) is 5.73 Å². The van der Waals surface area contributed by atoms with Gasteiger partial charge < -0.3 is 11.1 Å². The Labute approximate surface area is 100 Å². The molecule has 1 aliphatic carbocycles. The quantitative estimate of drug-likeness (QED) is 0.806. The third-order valence-electron chi connectivity index (χ3n) is 2.83. The summed E-state index contributed by atoms with van der Waals surface area (Å²) in [5.74, 6) is 0.0236. The molecule has 17 heavy (non-hydrogen) atoms. The lowest BCUT2D eigenvalue weighted by Crippen LogP contribution is -2.13. The van der Waals surface area contributed by atoms with Crippen LogP contribution in [0.15, 0.2) is 24.3 Å². The summed E-state index contributed by atoms with van der Waals surface area (Å²) in [7, 11) is 0. The lowest BCUT2D eigenvalue weighted by Gasteiger charge is -2.05. The van der Waals surface area contributed by atoms with Crippen LogP contribution in [-0.4, -0.2) is 11.8 Å². The first-order valence-electron chi connectivity index (χ1n) is 5.83. The van der Waals surface area contributed by atoms with Gasteiger partial charge in [0.05, 0.1) is 0 Å². The van der Waals surface area contributed by atoms with Crippen molar-refractivity contribution in [1.29, 1.82) is 0 Å². The summed E-state index contributed by atoms with van der Waals surface area (Å²) in [6, 6.07) is 7.53. The summed E-state index contributed by atoms with van der Waals surface area (Å²) in [5.41, 5.74) is 6.94. The van der Waals surface area contributed by atoms with Gasteiger partial charge in [0.2, 0.25) is 11.8 Å². The molecule has 2 rings (SSSR count). The van der Waals surface area contributed by atoms with E-state index in [1.54, 1.807) is 0 Å². The van der Waals surface area contributed by atoms with E-state index in [1.165, 1.54) is 0 Å². The van der Waals surface area contributed by atoms with Crippen molar-refractivity contribution in [2.45, 2.75) is 25.7 Å². The average Bonchev–Trinajstić information content (AvgIpc) is 3.12. The van der Waals surface area contributed by atoms with Crippen LogP contribution >= 0.6 is 0 Å². The number of hydrogen-bond donors (Lipinski definition) is 2. The van der Waals surface area contributed by atoms with Crippen molar-refractivity contribution < 1.29 is 9.59 Å². The van der Waals surface area contributed by atoms with Crippen LogP contribution in [0.4, 0.5) is 5.69 Å². The van der Waals surface area contributed by atoms with Crippen molar-refractivity contribution in [2.24, 2.45) is 11.7 Å². The second-order valence-corrected chi connectivity index (χ2v) is 4.43. The second kappa shape index (κ2) is 4.99. The molecule has 90 valence electrons. The normalized spacial score (nSPS) is 14.4. The number of amides is 2.